The molecule has 0 saturated heterocycles. The van der Waals surface area contributed by atoms with Crippen molar-refractivity contribution < 1.29 is 9.90 Å². The van der Waals surface area contributed by atoms with Gasteiger partial charge in [-0.05, 0) is 6.42 Å². The van der Waals surface area contributed by atoms with Crippen LogP contribution in [-0.4, -0.2) is 30.8 Å². The lowest BCUT2D eigenvalue weighted by molar-refractivity contribution is 0.0696. The third-order valence-corrected chi connectivity index (χ3v) is 2.57. The second kappa shape index (κ2) is 4.50. The maximum Gasteiger partial charge on any atom is 0.340 e. The molecule has 2 heterocycles. The van der Waals surface area contributed by atoms with Crippen LogP contribution in [0.1, 0.15) is 23.0 Å². The zero-order valence-corrected chi connectivity index (χ0v) is 9.72. The summed E-state index contributed by atoms with van der Waals surface area (Å²) in [4.78, 5) is 19.0. The first kappa shape index (κ1) is 11.5. The van der Waals surface area contributed by atoms with Crippen LogP contribution in [0.25, 0.3) is 5.82 Å². The van der Waals surface area contributed by atoms with Gasteiger partial charge >= 0.3 is 5.97 Å². The molecule has 7 heteroatoms. The van der Waals surface area contributed by atoms with E-state index in [-0.39, 0.29) is 10.7 Å². The fourth-order valence-corrected chi connectivity index (χ4v) is 1.77. The molecule has 0 atom stereocenters. The number of halogens is 1. The number of nitrogens with zero attached hydrogens (tertiary/aromatic N) is 4. The predicted octanol–water partition coefficient (Wildman–Crippen LogP) is 1.58. The molecule has 1 N–H and O–H groups in total. The fourth-order valence-electron chi connectivity index (χ4n) is 1.45. The normalized spacial score (nSPS) is 10.5. The lowest BCUT2D eigenvalue weighted by Crippen LogP contribution is -2.01. The third-order valence-electron chi connectivity index (χ3n) is 2.22. The topological polar surface area (TPSA) is 80.9 Å². The average Bonchev–Trinajstić information content (AvgIpc) is 2.67. The molecule has 0 aliphatic rings. The van der Waals surface area contributed by atoms with Crippen LogP contribution in [0.4, 0.5) is 0 Å². The molecule has 0 bridgehead atoms. The minimum Gasteiger partial charge on any atom is -0.478 e. The Hall–Kier alpha value is -1.95. The first-order valence-corrected chi connectivity index (χ1v) is 5.30. The molecule has 0 spiro atoms. The van der Waals surface area contributed by atoms with Crippen molar-refractivity contribution >= 4 is 17.6 Å². The summed E-state index contributed by atoms with van der Waals surface area (Å²) in [7, 11) is 0. The van der Waals surface area contributed by atoms with E-state index in [1.54, 1.807) is 0 Å². The SMILES string of the molecule is CCc1nn(-c2cnccn2)c(Cl)c1C(=O)O. The maximum absolute atomic E-state index is 11.1. The Morgan fingerprint density at radius 1 is 1.53 bits per heavy atom. The second-order valence-corrected chi connectivity index (χ2v) is 3.60. The number of aromatic carboxylic acids is 1. The van der Waals surface area contributed by atoms with Crippen molar-refractivity contribution in [2.45, 2.75) is 13.3 Å². The Kier molecular flexibility index (Phi) is 3.06. The lowest BCUT2D eigenvalue weighted by atomic mass is 10.2. The molecular weight excluding hydrogens is 244 g/mol. The quantitative estimate of drug-likeness (QED) is 0.897. The molecule has 88 valence electrons. The molecular formula is C10H9ClN4O2. The van der Waals surface area contributed by atoms with E-state index in [4.69, 9.17) is 16.7 Å². The van der Waals surface area contributed by atoms with Gasteiger partial charge in [0.15, 0.2) is 5.82 Å². The van der Waals surface area contributed by atoms with E-state index in [9.17, 15) is 4.79 Å². The van der Waals surface area contributed by atoms with Crippen LogP contribution in [-0.2, 0) is 6.42 Å². The minimum absolute atomic E-state index is 0.0137. The number of carbonyl (C=O) groups is 1. The summed E-state index contributed by atoms with van der Waals surface area (Å²) in [5.74, 6) is -0.707. The van der Waals surface area contributed by atoms with Gasteiger partial charge in [0, 0.05) is 12.4 Å². The smallest absolute Gasteiger partial charge is 0.340 e. The van der Waals surface area contributed by atoms with Crippen molar-refractivity contribution in [1.29, 1.82) is 0 Å². The fraction of sp³-hybridized carbons (Fsp3) is 0.200. The van der Waals surface area contributed by atoms with Gasteiger partial charge in [0.2, 0.25) is 0 Å². The van der Waals surface area contributed by atoms with Gasteiger partial charge < -0.3 is 5.11 Å². The summed E-state index contributed by atoms with van der Waals surface area (Å²) < 4.78 is 1.27. The molecule has 0 aliphatic carbocycles. The molecule has 0 aliphatic heterocycles. The molecule has 0 saturated carbocycles. The summed E-state index contributed by atoms with van der Waals surface area (Å²) in [5.41, 5.74) is 0.438. The van der Waals surface area contributed by atoms with Crippen LogP contribution < -0.4 is 0 Å². The molecule has 0 fully saturated rings. The summed E-state index contributed by atoms with van der Waals surface area (Å²) in [6.07, 6.45) is 4.94. The van der Waals surface area contributed by atoms with Gasteiger partial charge in [-0.1, -0.05) is 18.5 Å². The third kappa shape index (κ3) is 1.99. The first-order chi connectivity index (χ1) is 8.15. The second-order valence-electron chi connectivity index (χ2n) is 3.25. The minimum atomic E-state index is -1.10. The standard InChI is InChI=1S/C10H9ClN4O2/c1-2-6-8(10(16)17)9(11)15(14-6)7-5-12-3-4-13-7/h3-5H,2H2,1H3,(H,16,17). The monoisotopic (exact) mass is 252 g/mol. The first-order valence-electron chi connectivity index (χ1n) is 4.92. The molecule has 6 nitrogen and oxygen atoms in total. The van der Waals surface area contributed by atoms with Crippen molar-refractivity contribution in [3.8, 4) is 5.82 Å². The number of carboxylic acids is 1. The highest BCUT2D eigenvalue weighted by Crippen LogP contribution is 2.23. The zero-order chi connectivity index (χ0) is 12.4. The van der Waals surface area contributed by atoms with Crippen LogP contribution in [0, 0.1) is 0 Å². The van der Waals surface area contributed by atoms with Gasteiger partial charge in [-0.15, -0.1) is 0 Å². The number of aryl methyl sites for hydroxylation is 1. The highest BCUT2D eigenvalue weighted by Gasteiger charge is 2.22. The maximum atomic E-state index is 11.1. The van der Waals surface area contributed by atoms with Gasteiger partial charge in [0.1, 0.15) is 10.7 Å². The van der Waals surface area contributed by atoms with Crippen LogP contribution >= 0.6 is 11.6 Å². The zero-order valence-electron chi connectivity index (χ0n) is 8.96. The van der Waals surface area contributed by atoms with E-state index in [1.165, 1.54) is 23.3 Å². The van der Waals surface area contributed by atoms with E-state index in [0.29, 0.717) is 17.9 Å². The van der Waals surface area contributed by atoms with Crippen molar-refractivity contribution in [2.24, 2.45) is 0 Å². The molecule has 2 aromatic heterocycles. The van der Waals surface area contributed by atoms with Crippen molar-refractivity contribution in [1.82, 2.24) is 19.7 Å². The number of rotatable bonds is 3. The van der Waals surface area contributed by atoms with Gasteiger partial charge in [0.25, 0.3) is 0 Å². The number of hydrogen-bond acceptors (Lipinski definition) is 4. The Labute approximate surface area is 102 Å². The molecule has 0 amide bonds. The van der Waals surface area contributed by atoms with E-state index in [2.05, 4.69) is 15.1 Å². The number of hydrogen-bond donors (Lipinski definition) is 1. The predicted molar refractivity (Wildman–Crippen MR) is 60.5 cm³/mol. The van der Waals surface area contributed by atoms with E-state index >= 15 is 0 Å². The van der Waals surface area contributed by atoms with Gasteiger partial charge in [-0.3, -0.25) is 4.98 Å². The highest BCUT2D eigenvalue weighted by molar-refractivity contribution is 6.32. The van der Waals surface area contributed by atoms with Crippen LogP contribution in [0.2, 0.25) is 5.15 Å². The summed E-state index contributed by atoms with van der Waals surface area (Å²) >= 11 is 5.99. The summed E-state index contributed by atoms with van der Waals surface area (Å²) in [6, 6.07) is 0. The molecule has 2 rings (SSSR count). The molecule has 17 heavy (non-hydrogen) atoms. The van der Waals surface area contributed by atoms with Crippen LogP contribution in [0.15, 0.2) is 18.6 Å². The van der Waals surface area contributed by atoms with Gasteiger partial charge in [-0.25, -0.2) is 14.5 Å². The molecule has 2 aromatic rings. The van der Waals surface area contributed by atoms with Crippen molar-refractivity contribution in [3.05, 3.63) is 35.0 Å². The van der Waals surface area contributed by atoms with Gasteiger partial charge in [-0.2, -0.15) is 5.10 Å². The van der Waals surface area contributed by atoms with Crippen LogP contribution in [0.3, 0.4) is 0 Å². The lowest BCUT2D eigenvalue weighted by Gasteiger charge is -1.99. The van der Waals surface area contributed by atoms with Crippen molar-refractivity contribution in [2.75, 3.05) is 0 Å². The van der Waals surface area contributed by atoms with E-state index < -0.39 is 5.97 Å². The van der Waals surface area contributed by atoms with E-state index in [1.807, 2.05) is 6.92 Å². The van der Waals surface area contributed by atoms with E-state index in [0.717, 1.165) is 0 Å². The summed E-state index contributed by atoms with van der Waals surface area (Å²) in [6.45, 7) is 1.81. The number of carboxylic acid groups (broad SMARTS) is 1. The molecule has 0 aromatic carbocycles. The summed E-state index contributed by atoms with van der Waals surface area (Å²) in [5, 5.41) is 13.2. The number of aromatic nitrogens is 4. The van der Waals surface area contributed by atoms with Crippen LogP contribution in [0.5, 0.6) is 0 Å². The Bertz CT molecular complexity index is 553. The largest absolute Gasteiger partial charge is 0.478 e. The van der Waals surface area contributed by atoms with Crippen molar-refractivity contribution in [3.63, 3.8) is 0 Å². The average molecular weight is 253 g/mol. The Morgan fingerprint density at radius 3 is 2.76 bits per heavy atom. The van der Waals surface area contributed by atoms with Gasteiger partial charge in [0.05, 0.1) is 11.9 Å². The molecule has 0 unspecified atom stereocenters. The highest BCUT2D eigenvalue weighted by atomic mass is 35.5. The Balaban J connectivity index is 2.61. The Morgan fingerprint density at radius 2 is 2.29 bits per heavy atom. The molecule has 0 radical (unpaired) electrons.